The van der Waals surface area contributed by atoms with E-state index in [9.17, 15) is 9.18 Å². The fraction of sp³-hybridized carbons (Fsp3) is 0.158. The van der Waals surface area contributed by atoms with Crippen molar-refractivity contribution in [3.05, 3.63) is 66.2 Å². The maximum atomic E-state index is 13.2. The Morgan fingerprint density at radius 3 is 2.46 bits per heavy atom. The summed E-state index contributed by atoms with van der Waals surface area (Å²) in [6.07, 6.45) is -0.0274. The van der Waals surface area contributed by atoms with Crippen LogP contribution in [0.2, 0.25) is 0 Å². The molecular formula is C19H16FNO3. The maximum Gasteiger partial charge on any atom is 0.313 e. The first-order chi connectivity index (χ1) is 11.7. The molecule has 3 aromatic rings. The van der Waals surface area contributed by atoms with Gasteiger partial charge >= 0.3 is 5.97 Å². The van der Waals surface area contributed by atoms with Crippen LogP contribution in [0.4, 0.5) is 4.39 Å². The lowest BCUT2D eigenvalue weighted by Gasteiger charge is -2.02. The molecule has 0 unspecified atom stereocenters. The number of oxazole rings is 1. The summed E-state index contributed by atoms with van der Waals surface area (Å²) in [4.78, 5) is 16.3. The van der Waals surface area contributed by atoms with Crippen molar-refractivity contribution in [3.63, 3.8) is 0 Å². The molecule has 0 aliphatic carbocycles. The molecule has 0 atom stereocenters. The van der Waals surface area contributed by atoms with Crippen LogP contribution >= 0.6 is 0 Å². The number of carbonyl (C=O) groups is 1. The first kappa shape index (κ1) is 15.9. The number of carbonyl (C=O) groups excluding carboxylic acids is 1. The van der Waals surface area contributed by atoms with Crippen LogP contribution in [0.15, 0.2) is 59.0 Å². The van der Waals surface area contributed by atoms with E-state index in [2.05, 4.69) is 4.98 Å². The molecule has 0 radical (unpaired) electrons. The first-order valence-corrected chi connectivity index (χ1v) is 7.64. The molecule has 1 aromatic heterocycles. The zero-order valence-electron chi connectivity index (χ0n) is 13.2. The molecule has 4 nitrogen and oxygen atoms in total. The lowest BCUT2D eigenvalue weighted by Crippen LogP contribution is -2.07. The molecule has 0 spiro atoms. The lowest BCUT2D eigenvalue weighted by atomic mass is 10.1. The van der Waals surface area contributed by atoms with Gasteiger partial charge in [0, 0.05) is 11.1 Å². The lowest BCUT2D eigenvalue weighted by molar-refractivity contribution is -0.142. The number of hydrogen-bond donors (Lipinski definition) is 0. The van der Waals surface area contributed by atoms with Crippen molar-refractivity contribution in [1.82, 2.24) is 4.98 Å². The van der Waals surface area contributed by atoms with E-state index < -0.39 is 5.97 Å². The topological polar surface area (TPSA) is 52.3 Å². The highest BCUT2D eigenvalue weighted by Crippen LogP contribution is 2.29. The van der Waals surface area contributed by atoms with E-state index in [-0.39, 0.29) is 12.2 Å². The Balaban J connectivity index is 2.02. The van der Waals surface area contributed by atoms with Crippen molar-refractivity contribution in [3.8, 4) is 22.7 Å². The summed E-state index contributed by atoms with van der Waals surface area (Å²) in [6.45, 7) is 2.04. The van der Waals surface area contributed by atoms with Crippen LogP contribution in [0.1, 0.15) is 12.7 Å². The molecule has 0 aliphatic rings. The summed E-state index contributed by atoms with van der Waals surface area (Å²) in [7, 11) is 0. The zero-order valence-corrected chi connectivity index (χ0v) is 13.2. The number of ether oxygens (including phenoxy) is 1. The highest BCUT2D eigenvalue weighted by molar-refractivity contribution is 5.76. The largest absolute Gasteiger partial charge is 0.466 e. The molecule has 0 saturated heterocycles. The molecule has 0 bridgehead atoms. The third kappa shape index (κ3) is 3.51. The molecule has 0 N–H and O–H groups in total. The van der Waals surface area contributed by atoms with Crippen LogP contribution in [-0.2, 0) is 16.0 Å². The van der Waals surface area contributed by atoms with E-state index in [1.54, 1.807) is 19.1 Å². The summed E-state index contributed by atoms with van der Waals surface area (Å²) in [5.41, 5.74) is 2.00. The average Bonchev–Trinajstić information content (AvgIpc) is 3.00. The first-order valence-electron chi connectivity index (χ1n) is 7.64. The standard InChI is InChI=1S/C19H16FNO3/c1-2-23-17(22)12-16-18(13-8-10-15(20)11-9-13)21-19(24-16)14-6-4-3-5-7-14/h3-11H,2,12H2,1H3. The minimum absolute atomic E-state index is 0.0274. The maximum absolute atomic E-state index is 13.2. The Bertz CT molecular complexity index is 826. The number of aromatic nitrogens is 1. The van der Waals surface area contributed by atoms with Gasteiger partial charge in [-0.2, -0.15) is 0 Å². The van der Waals surface area contributed by atoms with Gasteiger partial charge in [0.25, 0.3) is 0 Å². The van der Waals surface area contributed by atoms with Crippen molar-refractivity contribution in [1.29, 1.82) is 0 Å². The van der Waals surface area contributed by atoms with Crippen LogP contribution in [0.3, 0.4) is 0 Å². The average molecular weight is 325 g/mol. The Kier molecular flexibility index (Phi) is 4.70. The van der Waals surface area contributed by atoms with Gasteiger partial charge in [0.05, 0.1) is 6.61 Å². The molecular weight excluding hydrogens is 309 g/mol. The third-order valence-electron chi connectivity index (χ3n) is 3.45. The van der Waals surface area contributed by atoms with Crippen LogP contribution in [0.25, 0.3) is 22.7 Å². The number of nitrogens with zero attached hydrogens (tertiary/aromatic N) is 1. The molecule has 5 heteroatoms. The molecule has 1 heterocycles. The van der Waals surface area contributed by atoms with Crippen LogP contribution in [0.5, 0.6) is 0 Å². The molecule has 3 rings (SSSR count). The van der Waals surface area contributed by atoms with Crippen molar-refractivity contribution < 1.29 is 18.3 Å². The van der Waals surface area contributed by atoms with E-state index in [1.807, 2.05) is 30.3 Å². The predicted molar refractivity (Wildman–Crippen MR) is 87.7 cm³/mol. The van der Waals surface area contributed by atoms with Gasteiger partial charge in [-0.1, -0.05) is 18.2 Å². The Labute approximate surface area is 138 Å². The van der Waals surface area contributed by atoms with Crippen molar-refractivity contribution in [2.24, 2.45) is 0 Å². The number of halogens is 1. The molecule has 0 amide bonds. The van der Waals surface area contributed by atoms with Gasteiger partial charge in [0.2, 0.25) is 5.89 Å². The summed E-state index contributed by atoms with van der Waals surface area (Å²) >= 11 is 0. The second-order valence-electron chi connectivity index (χ2n) is 5.15. The van der Waals surface area contributed by atoms with Crippen LogP contribution in [0, 0.1) is 5.82 Å². The monoisotopic (exact) mass is 325 g/mol. The van der Waals surface area contributed by atoms with E-state index in [0.29, 0.717) is 29.5 Å². The van der Waals surface area contributed by atoms with Gasteiger partial charge in [-0.15, -0.1) is 0 Å². The minimum Gasteiger partial charge on any atom is -0.466 e. The van der Waals surface area contributed by atoms with Crippen molar-refractivity contribution in [2.45, 2.75) is 13.3 Å². The van der Waals surface area contributed by atoms with Gasteiger partial charge in [0.15, 0.2) is 0 Å². The molecule has 0 fully saturated rings. The van der Waals surface area contributed by atoms with Crippen LogP contribution < -0.4 is 0 Å². The smallest absolute Gasteiger partial charge is 0.313 e. The van der Waals surface area contributed by atoms with E-state index in [4.69, 9.17) is 9.15 Å². The Hall–Kier alpha value is -2.95. The Morgan fingerprint density at radius 1 is 1.08 bits per heavy atom. The van der Waals surface area contributed by atoms with E-state index in [1.165, 1.54) is 12.1 Å². The fourth-order valence-electron chi connectivity index (χ4n) is 2.35. The quantitative estimate of drug-likeness (QED) is 0.658. The molecule has 0 saturated carbocycles. The number of esters is 1. The van der Waals surface area contributed by atoms with Gasteiger partial charge in [-0.05, 0) is 43.3 Å². The summed E-state index contributed by atoms with van der Waals surface area (Å²) in [6, 6.07) is 15.3. The molecule has 2 aromatic carbocycles. The normalized spacial score (nSPS) is 10.6. The van der Waals surface area contributed by atoms with Gasteiger partial charge in [-0.3, -0.25) is 4.79 Å². The molecule has 0 aliphatic heterocycles. The van der Waals surface area contributed by atoms with Gasteiger partial charge < -0.3 is 9.15 Å². The van der Waals surface area contributed by atoms with E-state index >= 15 is 0 Å². The van der Waals surface area contributed by atoms with Gasteiger partial charge in [-0.25, -0.2) is 9.37 Å². The predicted octanol–water partition coefficient (Wildman–Crippen LogP) is 4.25. The minimum atomic E-state index is -0.392. The summed E-state index contributed by atoms with van der Waals surface area (Å²) in [5, 5.41) is 0. The fourth-order valence-corrected chi connectivity index (χ4v) is 2.35. The molecule has 24 heavy (non-hydrogen) atoms. The van der Waals surface area contributed by atoms with Gasteiger partial charge in [0.1, 0.15) is 23.7 Å². The second-order valence-corrected chi connectivity index (χ2v) is 5.15. The highest BCUT2D eigenvalue weighted by Gasteiger charge is 2.19. The van der Waals surface area contributed by atoms with Crippen molar-refractivity contribution >= 4 is 5.97 Å². The second kappa shape index (κ2) is 7.08. The Morgan fingerprint density at radius 2 is 1.79 bits per heavy atom. The SMILES string of the molecule is CCOC(=O)Cc1oc(-c2ccccc2)nc1-c1ccc(F)cc1. The highest BCUT2D eigenvalue weighted by atomic mass is 19.1. The number of benzene rings is 2. The summed E-state index contributed by atoms with van der Waals surface area (Å²) in [5.74, 6) is 0.0854. The van der Waals surface area contributed by atoms with E-state index in [0.717, 1.165) is 5.56 Å². The number of rotatable bonds is 5. The van der Waals surface area contributed by atoms with Crippen LogP contribution in [-0.4, -0.2) is 17.6 Å². The number of hydrogen-bond acceptors (Lipinski definition) is 4. The third-order valence-corrected chi connectivity index (χ3v) is 3.45. The zero-order chi connectivity index (χ0) is 16.9. The summed E-state index contributed by atoms with van der Waals surface area (Å²) < 4.78 is 23.9. The van der Waals surface area contributed by atoms with Crippen molar-refractivity contribution in [2.75, 3.05) is 6.61 Å². The molecule has 122 valence electrons.